The molecule has 2 aromatic carbocycles. The Balaban J connectivity index is 1.30. The second-order valence-corrected chi connectivity index (χ2v) is 8.97. The van der Waals surface area contributed by atoms with Gasteiger partial charge in [-0.15, -0.1) is 0 Å². The topological polar surface area (TPSA) is 60.9 Å². The number of anilines is 2. The smallest absolute Gasteiger partial charge is 0.254 e. The SMILES string of the molecule is C[C@@H]1C=CC[C@H]2C(=O)N(c3cccc(C(=O)N4CCN(c5ccc(F)cc5)CC4)c3)C(=O)[C@@H]12. The number of piperazine rings is 1. The van der Waals surface area contributed by atoms with Crippen LogP contribution in [0.1, 0.15) is 23.7 Å². The molecule has 2 aliphatic heterocycles. The number of carbonyl (C=O) groups excluding carboxylic acids is 3. The highest BCUT2D eigenvalue weighted by Crippen LogP contribution is 2.40. The number of amides is 3. The number of hydrogen-bond donors (Lipinski definition) is 0. The van der Waals surface area contributed by atoms with Crippen LogP contribution >= 0.6 is 0 Å². The van der Waals surface area contributed by atoms with Gasteiger partial charge in [0.1, 0.15) is 5.82 Å². The van der Waals surface area contributed by atoms with Crippen LogP contribution < -0.4 is 9.80 Å². The molecule has 1 aliphatic carbocycles. The van der Waals surface area contributed by atoms with Gasteiger partial charge < -0.3 is 9.80 Å². The molecule has 5 rings (SSSR count). The fourth-order valence-electron chi connectivity index (χ4n) is 5.18. The molecule has 0 spiro atoms. The zero-order valence-electron chi connectivity index (χ0n) is 18.5. The lowest BCUT2D eigenvalue weighted by atomic mass is 9.78. The Kier molecular flexibility index (Phi) is 5.48. The molecular weight excluding hydrogens is 421 g/mol. The summed E-state index contributed by atoms with van der Waals surface area (Å²) in [7, 11) is 0. The average Bonchev–Trinajstić information content (AvgIpc) is 3.10. The van der Waals surface area contributed by atoms with Crippen LogP contribution in [0.4, 0.5) is 15.8 Å². The van der Waals surface area contributed by atoms with Gasteiger partial charge in [-0.2, -0.15) is 0 Å². The number of allylic oxidation sites excluding steroid dienone is 2. The maximum absolute atomic E-state index is 13.2. The summed E-state index contributed by atoms with van der Waals surface area (Å²) in [4.78, 5) is 44.4. The minimum atomic E-state index is -0.332. The first kappa shape index (κ1) is 21.4. The Morgan fingerprint density at radius 1 is 0.939 bits per heavy atom. The van der Waals surface area contributed by atoms with E-state index in [9.17, 15) is 18.8 Å². The van der Waals surface area contributed by atoms with Crippen molar-refractivity contribution in [2.75, 3.05) is 36.0 Å². The monoisotopic (exact) mass is 447 g/mol. The standard InChI is InChI=1S/C26H26FN3O3/c1-17-4-2-7-22-23(17)26(33)30(25(22)32)21-6-3-5-18(16-21)24(31)29-14-12-28(13-15-29)20-10-8-19(27)9-11-20/h2-6,8-11,16-17,22-23H,7,12-15H2,1H3/t17-,22-,23+/m1/s1. The van der Waals surface area contributed by atoms with Crippen molar-refractivity contribution in [2.45, 2.75) is 13.3 Å². The van der Waals surface area contributed by atoms with Crippen molar-refractivity contribution in [2.24, 2.45) is 17.8 Å². The number of benzene rings is 2. The van der Waals surface area contributed by atoms with Crippen molar-refractivity contribution in [3.8, 4) is 0 Å². The third-order valence-electron chi connectivity index (χ3n) is 6.98. The molecule has 3 atom stereocenters. The molecule has 0 saturated carbocycles. The van der Waals surface area contributed by atoms with Gasteiger partial charge in [0, 0.05) is 37.4 Å². The van der Waals surface area contributed by atoms with Crippen molar-refractivity contribution >= 4 is 29.1 Å². The summed E-state index contributed by atoms with van der Waals surface area (Å²) in [5.41, 5.74) is 1.86. The Bertz CT molecular complexity index is 1120. The van der Waals surface area contributed by atoms with E-state index in [2.05, 4.69) is 4.90 Å². The van der Waals surface area contributed by atoms with E-state index in [1.807, 2.05) is 19.1 Å². The largest absolute Gasteiger partial charge is 0.368 e. The lowest BCUT2D eigenvalue weighted by molar-refractivity contribution is -0.122. The van der Waals surface area contributed by atoms with Gasteiger partial charge in [0.05, 0.1) is 17.5 Å². The van der Waals surface area contributed by atoms with Gasteiger partial charge >= 0.3 is 0 Å². The number of rotatable bonds is 3. The van der Waals surface area contributed by atoms with E-state index < -0.39 is 0 Å². The lowest BCUT2D eigenvalue weighted by Gasteiger charge is -2.36. The third kappa shape index (κ3) is 3.81. The predicted octanol–water partition coefficient (Wildman–Crippen LogP) is 3.49. The molecule has 0 bridgehead atoms. The second-order valence-electron chi connectivity index (χ2n) is 8.97. The summed E-state index contributed by atoms with van der Waals surface area (Å²) in [6.45, 7) is 4.33. The highest BCUT2D eigenvalue weighted by atomic mass is 19.1. The summed E-state index contributed by atoms with van der Waals surface area (Å²) in [6, 6.07) is 13.2. The minimum Gasteiger partial charge on any atom is -0.368 e. The molecule has 3 aliphatic rings. The van der Waals surface area contributed by atoms with Gasteiger partial charge in [-0.3, -0.25) is 19.3 Å². The van der Waals surface area contributed by atoms with Gasteiger partial charge in [-0.25, -0.2) is 4.39 Å². The highest BCUT2D eigenvalue weighted by Gasteiger charge is 2.50. The Morgan fingerprint density at radius 2 is 1.67 bits per heavy atom. The maximum Gasteiger partial charge on any atom is 0.254 e. The fraction of sp³-hybridized carbons (Fsp3) is 0.346. The first-order valence-corrected chi connectivity index (χ1v) is 11.4. The van der Waals surface area contributed by atoms with Gasteiger partial charge in [-0.1, -0.05) is 25.1 Å². The molecule has 2 heterocycles. The molecule has 0 aromatic heterocycles. The number of carbonyl (C=O) groups is 3. The van der Waals surface area contributed by atoms with Crippen molar-refractivity contribution in [3.63, 3.8) is 0 Å². The maximum atomic E-state index is 13.2. The minimum absolute atomic E-state index is 0.0208. The Labute approximate surface area is 192 Å². The number of fused-ring (bicyclic) bond motifs is 1. The zero-order chi connectivity index (χ0) is 23.1. The summed E-state index contributed by atoms with van der Waals surface area (Å²) in [5, 5.41) is 0. The molecule has 2 fully saturated rings. The molecule has 2 saturated heterocycles. The van der Waals surface area contributed by atoms with E-state index in [0.717, 1.165) is 5.69 Å². The quantitative estimate of drug-likeness (QED) is 0.534. The first-order chi connectivity index (χ1) is 15.9. The van der Waals surface area contributed by atoms with Crippen LogP contribution in [0.5, 0.6) is 0 Å². The van der Waals surface area contributed by atoms with Gasteiger partial charge in [0.15, 0.2) is 0 Å². The van der Waals surface area contributed by atoms with Crippen LogP contribution in [0.25, 0.3) is 0 Å². The van der Waals surface area contributed by atoms with E-state index in [4.69, 9.17) is 0 Å². The zero-order valence-corrected chi connectivity index (χ0v) is 18.5. The Hall–Kier alpha value is -3.48. The van der Waals surface area contributed by atoms with E-state index >= 15 is 0 Å². The molecule has 0 unspecified atom stereocenters. The first-order valence-electron chi connectivity index (χ1n) is 11.4. The Morgan fingerprint density at radius 3 is 2.36 bits per heavy atom. The molecule has 6 nitrogen and oxygen atoms in total. The molecular formula is C26H26FN3O3. The van der Waals surface area contributed by atoms with Crippen molar-refractivity contribution < 1.29 is 18.8 Å². The number of halogens is 1. The summed E-state index contributed by atoms with van der Waals surface area (Å²) >= 11 is 0. The van der Waals surface area contributed by atoms with Gasteiger partial charge in [-0.05, 0) is 54.8 Å². The fourth-order valence-corrected chi connectivity index (χ4v) is 5.18. The number of imide groups is 1. The van der Waals surface area contributed by atoms with Crippen molar-refractivity contribution in [1.82, 2.24) is 4.90 Å². The average molecular weight is 448 g/mol. The van der Waals surface area contributed by atoms with Crippen LogP contribution in [-0.2, 0) is 9.59 Å². The second kappa shape index (κ2) is 8.46. The van der Waals surface area contributed by atoms with E-state index in [0.29, 0.717) is 43.9 Å². The van der Waals surface area contributed by atoms with Crippen LogP contribution in [-0.4, -0.2) is 48.8 Å². The normalized spacial score (nSPS) is 24.9. The van der Waals surface area contributed by atoms with Crippen molar-refractivity contribution in [3.05, 3.63) is 72.1 Å². The van der Waals surface area contributed by atoms with Crippen LogP contribution in [0.2, 0.25) is 0 Å². The van der Waals surface area contributed by atoms with Crippen molar-refractivity contribution in [1.29, 1.82) is 0 Å². The van der Waals surface area contributed by atoms with Gasteiger partial charge in [0.25, 0.3) is 5.91 Å². The van der Waals surface area contributed by atoms with Crippen LogP contribution in [0.3, 0.4) is 0 Å². The molecule has 0 radical (unpaired) electrons. The molecule has 0 N–H and O–H groups in total. The molecule has 2 aromatic rings. The summed E-state index contributed by atoms with van der Waals surface area (Å²) in [6.07, 6.45) is 4.56. The lowest BCUT2D eigenvalue weighted by Crippen LogP contribution is -2.48. The summed E-state index contributed by atoms with van der Waals surface area (Å²) in [5.74, 6) is -1.39. The van der Waals surface area contributed by atoms with Gasteiger partial charge in [0.2, 0.25) is 11.8 Å². The molecule has 7 heteroatoms. The van der Waals surface area contributed by atoms with Crippen LogP contribution in [0.15, 0.2) is 60.7 Å². The van der Waals surface area contributed by atoms with E-state index in [1.54, 1.807) is 41.3 Å². The van der Waals surface area contributed by atoms with E-state index in [-0.39, 0.29) is 41.3 Å². The molecule has 3 amide bonds. The number of nitrogens with zero attached hydrogens (tertiary/aromatic N) is 3. The molecule has 33 heavy (non-hydrogen) atoms. The predicted molar refractivity (Wildman–Crippen MR) is 123 cm³/mol. The van der Waals surface area contributed by atoms with Crippen LogP contribution in [0, 0.1) is 23.6 Å². The highest BCUT2D eigenvalue weighted by molar-refractivity contribution is 6.22. The van der Waals surface area contributed by atoms with E-state index in [1.165, 1.54) is 17.0 Å². The molecule has 170 valence electrons. The summed E-state index contributed by atoms with van der Waals surface area (Å²) < 4.78 is 13.2. The number of hydrogen-bond acceptors (Lipinski definition) is 4. The third-order valence-corrected chi connectivity index (χ3v) is 6.98.